The quantitative estimate of drug-likeness (QED) is 0.531. The van der Waals surface area contributed by atoms with Crippen LogP contribution in [-0.2, 0) is 11.2 Å². The maximum Gasteiger partial charge on any atom is 0.340 e. The van der Waals surface area contributed by atoms with Crippen molar-refractivity contribution in [2.24, 2.45) is 0 Å². The second-order valence-corrected chi connectivity index (χ2v) is 7.49. The SMILES string of the molecule is Cc1oc2c(C)c3oc(=O)c(CC(=O)Nc4nccs4)c(C)c3cc2c1C. The minimum atomic E-state index is -0.503. The van der Waals surface area contributed by atoms with E-state index >= 15 is 0 Å². The molecular formula is C20H18N2O4S. The van der Waals surface area contributed by atoms with Crippen molar-refractivity contribution in [3.05, 3.63) is 56.1 Å². The number of fused-ring (bicyclic) bond motifs is 2. The molecule has 27 heavy (non-hydrogen) atoms. The Hall–Kier alpha value is -2.93. The van der Waals surface area contributed by atoms with Crippen molar-refractivity contribution in [3.8, 4) is 0 Å². The van der Waals surface area contributed by atoms with Gasteiger partial charge in [-0.3, -0.25) is 4.79 Å². The van der Waals surface area contributed by atoms with Crippen LogP contribution >= 0.6 is 11.3 Å². The molecule has 0 saturated carbocycles. The third-order valence-corrected chi connectivity index (χ3v) is 5.65. The van der Waals surface area contributed by atoms with Gasteiger partial charge >= 0.3 is 5.63 Å². The summed E-state index contributed by atoms with van der Waals surface area (Å²) >= 11 is 1.33. The Bertz CT molecular complexity index is 1250. The largest absolute Gasteiger partial charge is 0.461 e. The van der Waals surface area contributed by atoms with Crippen LogP contribution in [0.3, 0.4) is 0 Å². The Labute approximate surface area is 158 Å². The van der Waals surface area contributed by atoms with Crippen LogP contribution < -0.4 is 10.9 Å². The Balaban J connectivity index is 1.84. The average Bonchev–Trinajstić information content (AvgIpc) is 3.23. The molecule has 0 unspecified atom stereocenters. The Morgan fingerprint density at radius 2 is 1.78 bits per heavy atom. The zero-order valence-electron chi connectivity index (χ0n) is 15.4. The van der Waals surface area contributed by atoms with E-state index in [0.29, 0.717) is 16.3 Å². The fourth-order valence-corrected chi connectivity index (χ4v) is 3.85. The van der Waals surface area contributed by atoms with E-state index in [9.17, 15) is 9.59 Å². The lowest BCUT2D eigenvalue weighted by Crippen LogP contribution is -2.20. The predicted octanol–water partition coefficient (Wildman–Crippen LogP) is 4.41. The van der Waals surface area contributed by atoms with Crippen LogP contribution in [0.5, 0.6) is 0 Å². The van der Waals surface area contributed by atoms with E-state index in [1.165, 1.54) is 11.3 Å². The predicted molar refractivity (Wildman–Crippen MR) is 106 cm³/mol. The molecule has 0 radical (unpaired) electrons. The standard InChI is InChI=1S/C20H18N2O4S/c1-9-12(4)25-17-11(3)18-14(7-13(9)17)10(2)15(19(24)26-18)8-16(23)22-20-21-5-6-27-20/h5-7H,8H2,1-4H3,(H,21,22,23). The fourth-order valence-electron chi connectivity index (χ4n) is 3.31. The molecule has 1 aromatic carbocycles. The van der Waals surface area contributed by atoms with Crippen LogP contribution in [0.2, 0.25) is 0 Å². The molecule has 0 fully saturated rings. The number of thiazole rings is 1. The fraction of sp³-hybridized carbons (Fsp3) is 0.250. The molecule has 4 rings (SSSR count). The molecule has 0 aliphatic rings. The molecule has 0 aliphatic carbocycles. The molecule has 0 aliphatic heterocycles. The number of nitrogens with zero attached hydrogens (tertiary/aromatic N) is 1. The van der Waals surface area contributed by atoms with E-state index in [-0.39, 0.29) is 12.3 Å². The molecule has 4 aromatic rings. The van der Waals surface area contributed by atoms with Gasteiger partial charge in [0.25, 0.3) is 0 Å². The van der Waals surface area contributed by atoms with Crippen molar-refractivity contribution < 1.29 is 13.6 Å². The van der Waals surface area contributed by atoms with Crippen LogP contribution in [0.15, 0.2) is 31.3 Å². The molecule has 1 N–H and O–H groups in total. The summed E-state index contributed by atoms with van der Waals surface area (Å²) in [5.41, 5.74) is 3.68. The number of aromatic nitrogens is 1. The third-order valence-electron chi connectivity index (χ3n) is 4.96. The van der Waals surface area contributed by atoms with Crippen molar-refractivity contribution in [2.75, 3.05) is 5.32 Å². The highest BCUT2D eigenvalue weighted by atomic mass is 32.1. The van der Waals surface area contributed by atoms with E-state index in [0.717, 1.165) is 38.8 Å². The average molecular weight is 382 g/mol. The van der Waals surface area contributed by atoms with Crippen molar-refractivity contribution in [1.29, 1.82) is 0 Å². The van der Waals surface area contributed by atoms with Gasteiger partial charge in [0.05, 0.1) is 12.0 Å². The van der Waals surface area contributed by atoms with Gasteiger partial charge < -0.3 is 14.2 Å². The zero-order valence-corrected chi connectivity index (χ0v) is 16.2. The second-order valence-electron chi connectivity index (χ2n) is 6.59. The van der Waals surface area contributed by atoms with E-state index in [2.05, 4.69) is 10.3 Å². The van der Waals surface area contributed by atoms with Gasteiger partial charge in [0.2, 0.25) is 5.91 Å². The molecule has 0 saturated heterocycles. The van der Waals surface area contributed by atoms with Crippen LogP contribution in [0.4, 0.5) is 5.13 Å². The number of nitrogens with one attached hydrogen (secondary N) is 1. The first-order valence-corrected chi connectivity index (χ1v) is 9.39. The number of carbonyl (C=O) groups is 1. The van der Waals surface area contributed by atoms with E-state index in [1.54, 1.807) is 11.6 Å². The molecule has 0 bridgehead atoms. The minimum Gasteiger partial charge on any atom is -0.461 e. The summed E-state index contributed by atoms with van der Waals surface area (Å²) in [5.74, 6) is 0.541. The summed E-state index contributed by atoms with van der Waals surface area (Å²) in [7, 11) is 0. The Morgan fingerprint density at radius 3 is 2.48 bits per heavy atom. The van der Waals surface area contributed by atoms with E-state index < -0.39 is 5.63 Å². The molecule has 3 aromatic heterocycles. The summed E-state index contributed by atoms with van der Waals surface area (Å²) in [6.45, 7) is 7.64. The summed E-state index contributed by atoms with van der Waals surface area (Å²) in [5, 5.41) is 6.79. The minimum absolute atomic E-state index is 0.0653. The molecule has 6 nitrogen and oxygen atoms in total. The van der Waals surface area contributed by atoms with Gasteiger partial charge in [-0.05, 0) is 44.9 Å². The molecule has 3 heterocycles. The summed E-state index contributed by atoms with van der Waals surface area (Å²) in [6.07, 6.45) is 1.54. The highest BCUT2D eigenvalue weighted by molar-refractivity contribution is 7.13. The number of carbonyl (C=O) groups excluding carboxylic acids is 1. The number of hydrogen-bond donors (Lipinski definition) is 1. The molecular weight excluding hydrogens is 364 g/mol. The van der Waals surface area contributed by atoms with Crippen molar-refractivity contribution in [2.45, 2.75) is 34.1 Å². The van der Waals surface area contributed by atoms with Gasteiger partial charge in [0.15, 0.2) is 5.13 Å². The second kappa shape index (κ2) is 6.35. The van der Waals surface area contributed by atoms with Crippen LogP contribution in [0, 0.1) is 27.7 Å². The first kappa shape index (κ1) is 17.5. The van der Waals surface area contributed by atoms with Crippen molar-refractivity contribution in [3.63, 3.8) is 0 Å². The molecule has 138 valence electrons. The van der Waals surface area contributed by atoms with Gasteiger partial charge in [0.1, 0.15) is 16.9 Å². The normalized spacial score (nSPS) is 11.4. The lowest BCUT2D eigenvalue weighted by molar-refractivity contribution is -0.115. The summed E-state index contributed by atoms with van der Waals surface area (Å²) in [6, 6.07) is 1.98. The Morgan fingerprint density at radius 1 is 1.07 bits per heavy atom. The number of benzene rings is 1. The van der Waals surface area contributed by atoms with Gasteiger partial charge in [-0.25, -0.2) is 9.78 Å². The van der Waals surface area contributed by atoms with Crippen molar-refractivity contribution >= 4 is 44.3 Å². The highest BCUT2D eigenvalue weighted by Crippen LogP contribution is 2.34. The van der Waals surface area contributed by atoms with Gasteiger partial charge in [-0.15, -0.1) is 11.3 Å². The number of hydrogen-bond acceptors (Lipinski definition) is 6. The number of amides is 1. The summed E-state index contributed by atoms with van der Waals surface area (Å²) in [4.78, 5) is 28.9. The molecule has 1 amide bonds. The third kappa shape index (κ3) is 2.84. The number of rotatable bonds is 3. The van der Waals surface area contributed by atoms with Crippen molar-refractivity contribution in [1.82, 2.24) is 4.98 Å². The maximum absolute atomic E-state index is 12.6. The van der Waals surface area contributed by atoms with Crippen LogP contribution in [-0.4, -0.2) is 10.9 Å². The monoisotopic (exact) mass is 382 g/mol. The molecule has 0 spiro atoms. The highest BCUT2D eigenvalue weighted by Gasteiger charge is 2.20. The van der Waals surface area contributed by atoms with Gasteiger partial charge in [-0.2, -0.15) is 0 Å². The Kier molecular flexibility index (Phi) is 4.11. The number of aryl methyl sites for hydroxylation is 4. The molecule has 7 heteroatoms. The summed E-state index contributed by atoms with van der Waals surface area (Å²) < 4.78 is 11.4. The first-order valence-electron chi connectivity index (χ1n) is 8.51. The molecule has 0 atom stereocenters. The van der Waals surface area contributed by atoms with Gasteiger partial charge in [0, 0.05) is 27.9 Å². The van der Waals surface area contributed by atoms with Gasteiger partial charge in [-0.1, -0.05) is 0 Å². The van der Waals surface area contributed by atoms with E-state index in [1.807, 2.05) is 33.8 Å². The smallest absolute Gasteiger partial charge is 0.340 e. The topological polar surface area (TPSA) is 85.3 Å². The van der Waals surface area contributed by atoms with Crippen LogP contribution in [0.25, 0.3) is 21.9 Å². The van der Waals surface area contributed by atoms with Crippen LogP contribution in [0.1, 0.15) is 28.0 Å². The van der Waals surface area contributed by atoms with E-state index in [4.69, 9.17) is 8.83 Å². The lowest BCUT2D eigenvalue weighted by atomic mass is 9.99. The zero-order chi connectivity index (χ0) is 19.3. The maximum atomic E-state index is 12.6. The number of furan rings is 1. The number of anilines is 1. The first-order chi connectivity index (χ1) is 12.9. The lowest BCUT2D eigenvalue weighted by Gasteiger charge is -2.10.